The molecule has 0 saturated carbocycles. The maximum atomic E-state index is 13.0. The Morgan fingerprint density at radius 2 is 1.96 bits per heavy atom. The van der Waals surface area contributed by atoms with Gasteiger partial charge in [-0.1, -0.05) is 12.1 Å². The lowest BCUT2D eigenvalue weighted by Crippen LogP contribution is -2.48. The second-order valence-electron chi connectivity index (χ2n) is 7.43. The number of fused-ring (bicyclic) bond motifs is 1. The van der Waals surface area contributed by atoms with Crippen LogP contribution in [0.4, 0.5) is 19.0 Å². The molecule has 4 rings (SSSR count). The lowest BCUT2D eigenvalue weighted by Gasteiger charge is -2.39. The summed E-state index contributed by atoms with van der Waals surface area (Å²) in [7, 11) is 1.65. The molecule has 2 fully saturated rings. The Balaban J connectivity index is 1.49. The van der Waals surface area contributed by atoms with Gasteiger partial charge in [0, 0.05) is 31.7 Å². The standard InChI is InChI=1S/C20H23F3N4O/c1-28-16-4-2-3-14(9-16)11-26-7-5-15-6-8-27(12-17(15)26)19-10-18(20(21,22)23)24-13-25-19/h2-4,9-10,13,15,17H,5-8,11-12H2,1H3. The first-order chi connectivity index (χ1) is 13.4. The van der Waals surface area contributed by atoms with Crippen molar-refractivity contribution in [1.29, 1.82) is 0 Å². The van der Waals surface area contributed by atoms with Crippen LogP contribution in [-0.2, 0) is 12.7 Å². The highest BCUT2D eigenvalue weighted by Gasteiger charge is 2.39. The van der Waals surface area contributed by atoms with E-state index >= 15 is 0 Å². The number of methoxy groups -OCH3 is 1. The van der Waals surface area contributed by atoms with Gasteiger partial charge >= 0.3 is 6.18 Å². The fraction of sp³-hybridized carbons (Fsp3) is 0.500. The Morgan fingerprint density at radius 3 is 2.75 bits per heavy atom. The van der Waals surface area contributed by atoms with Crippen LogP contribution >= 0.6 is 0 Å². The number of hydrogen-bond donors (Lipinski definition) is 0. The van der Waals surface area contributed by atoms with Gasteiger partial charge in [0.1, 0.15) is 23.6 Å². The summed E-state index contributed by atoms with van der Waals surface area (Å²) >= 11 is 0. The Bertz CT molecular complexity index is 829. The number of ether oxygens (including phenoxy) is 1. The van der Waals surface area contributed by atoms with Gasteiger partial charge in [-0.2, -0.15) is 13.2 Å². The summed E-state index contributed by atoms with van der Waals surface area (Å²) in [6.45, 7) is 3.22. The molecular formula is C20H23F3N4O. The third-order valence-corrected chi connectivity index (χ3v) is 5.76. The number of piperidine rings is 1. The van der Waals surface area contributed by atoms with Crippen molar-refractivity contribution in [3.63, 3.8) is 0 Å². The Morgan fingerprint density at radius 1 is 1.14 bits per heavy atom. The molecule has 2 aliphatic heterocycles. The van der Waals surface area contributed by atoms with E-state index in [1.54, 1.807) is 7.11 Å². The minimum Gasteiger partial charge on any atom is -0.497 e. The van der Waals surface area contributed by atoms with Crippen LogP contribution in [0.25, 0.3) is 0 Å². The van der Waals surface area contributed by atoms with Gasteiger partial charge in [0.15, 0.2) is 0 Å². The SMILES string of the molecule is COc1cccc(CN2CCC3CCN(c4cc(C(F)(F)F)ncn4)CC32)c1. The van der Waals surface area contributed by atoms with Crippen molar-refractivity contribution >= 4 is 5.82 Å². The molecule has 0 aliphatic carbocycles. The second kappa shape index (κ2) is 7.58. The van der Waals surface area contributed by atoms with Gasteiger partial charge in [0.25, 0.3) is 0 Å². The molecule has 2 aliphatic rings. The molecule has 150 valence electrons. The summed E-state index contributed by atoms with van der Waals surface area (Å²) in [5, 5.41) is 0. The van der Waals surface area contributed by atoms with E-state index in [0.717, 1.165) is 50.6 Å². The zero-order valence-electron chi connectivity index (χ0n) is 15.7. The normalized spacial score (nSPS) is 22.9. The molecule has 2 aromatic rings. The predicted octanol–water partition coefficient (Wildman–Crippen LogP) is 3.60. The maximum absolute atomic E-state index is 13.0. The maximum Gasteiger partial charge on any atom is 0.433 e. The minimum absolute atomic E-state index is 0.309. The van der Waals surface area contributed by atoms with Crippen molar-refractivity contribution < 1.29 is 17.9 Å². The highest BCUT2D eigenvalue weighted by molar-refractivity contribution is 5.41. The van der Waals surface area contributed by atoms with Gasteiger partial charge in [0.2, 0.25) is 0 Å². The van der Waals surface area contributed by atoms with Gasteiger partial charge < -0.3 is 9.64 Å². The average molecular weight is 392 g/mol. The molecule has 8 heteroatoms. The first-order valence-corrected chi connectivity index (χ1v) is 9.45. The number of aromatic nitrogens is 2. The average Bonchev–Trinajstić information content (AvgIpc) is 3.09. The van der Waals surface area contributed by atoms with Gasteiger partial charge in [-0.15, -0.1) is 0 Å². The van der Waals surface area contributed by atoms with Crippen LogP contribution < -0.4 is 9.64 Å². The molecule has 2 saturated heterocycles. The number of benzene rings is 1. The van der Waals surface area contributed by atoms with Crippen molar-refractivity contribution in [3.05, 3.63) is 47.9 Å². The Hall–Kier alpha value is -2.35. The van der Waals surface area contributed by atoms with Gasteiger partial charge in [0.05, 0.1) is 7.11 Å². The smallest absolute Gasteiger partial charge is 0.433 e. The Kier molecular flexibility index (Phi) is 5.14. The van der Waals surface area contributed by atoms with Crippen LogP contribution in [0.1, 0.15) is 24.1 Å². The summed E-state index contributed by atoms with van der Waals surface area (Å²) in [5.74, 6) is 1.76. The summed E-state index contributed by atoms with van der Waals surface area (Å²) in [4.78, 5) is 11.9. The molecule has 0 N–H and O–H groups in total. The lowest BCUT2D eigenvalue weighted by atomic mass is 9.92. The number of anilines is 1. The highest BCUT2D eigenvalue weighted by Crippen LogP contribution is 2.35. The monoisotopic (exact) mass is 392 g/mol. The molecule has 5 nitrogen and oxygen atoms in total. The number of nitrogens with zero attached hydrogens (tertiary/aromatic N) is 4. The molecule has 3 heterocycles. The van der Waals surface area contributed by atoms with Crippen molar-refractivity contribution in [2.24, 2.45) is 5.92 Å². The lowest BCUT2D eigenvalue weighted by molar-refractivity contribution is -0.141. The van der Waals surface area contributed by atoms with E-state index in [1.807, 2.05) is 23.1 Å². The van der Waals surface area contributed by atoms with Crippen molar-refractivity contribution in [2.45, 2.75) is 31.6 Å². The second-order valence-corrected chi connectivity index (χ2v) is 7.43. The third kappa shape index (κ3) is 3.92. The predicted molar refractivity (Wildman–Crippen MR) is 99.2 cm³/mol. The van der Waals surface area contributed by atoms with Gasteiger partial charge in [-0.05, 0) is 43.0 Å². The molecule has 0 spiro atoms. The van der Waals surface area contributed by atoms with E-state index in [4.69, 9.17) is 4.74 Å². The number of hydrogen-bond acceptors (Lipinski definition) is 5. The topological polar surface area (TPSA) is 41.5 Å². The fourth-order valence-electron chi connectivity index (χ4n) is 4.31. The Labute approximate surface area is 162 Å². The van der Waals surface area contributed by atoms with E-state index in [0.29, 0.717) is 24.3 Å². The summed E-state index contributed by atoms with van der Waals surface area (Å²) in [6, 6.07) is 9.39. The number of likely N-dealkylation sites (tertiary alicyclic amines) is 1. The van der Waals surface area contributed by atoms with E-state index in [-0.39, 0.29) is 0 Å². The van der Waals surface area contributed by atoms with Crippen LogP contribution in [0.5, 0.6) is 5.75 Å². The number of halogens is 3. The largest absolute Gasteiger partial charge is 0.497 e. The van der Waals surface area contributed by atoms with Crippen molar-refractivity contribution in [3.8, 4) is 5.75 Å². The molecule has 28 heavy (non-hydrogen) atoms. The fourth-order valence-corrected chi connectivity index (χ4v) is 4.31. The summed E-state index contributed by atoms with van der Waals surface area (Å²) in [5.41, 5.74) is 0.290. The van der Waals surface area contributed by atoms with E-state index in [1.165, 1.54) is 5.56 Å². The molecule has 2 atom stereocenters. The third-order valence-electron chi connectivity index (χ3n) is 5.76. The number of alkyl halides is 3. The van der Waals surface area contributed by atoms with Crippen LogP contribution in [0.2, 0.25) is 0 Å². The molecule has 1 aromatic carbocycles. The zero-order valence-corrected chi connectivity index (χ0v) is 15.7. The summed E-state index contributed by atoms with van der Waals surface area (Å²) < 4.78 is 44.3. The van der Waals surface area contributed by atoms with Crippen LogP contribution in [0, 0.1) is 5.92 Å². The number of rotatable bonds is 4. The van der Waals surface area contributed by atoms with Crippen molar-refractivity contribution in [2.75, 3.05) is 31.6 Å². The van der Waals surface area contributed by atoms with E-state index in [9.17, 15) is 13.2 Å². The zero-order chi connectivity index (χ0) is 19.7. The summed E-state index contributed by atoms with van der Waals surface area (Å²) in [6.07, 6.45) is -1.36. The molecule has 0 bridgehead atoms. The van der Waals surface area contributed by atoms with Crippen molar-refractivity contribution in [1.82, 2.24) is 14.9 Å². The molecule has 1 aromatic heterocycles. The molecule has 0 radical (unpaired) electrons. The van der Waals surface area contributed by atoms with Crippen LogP contribution in [-0.4, -0.2) is 47.7 Å². The molecule has 2 unspecified atom stereocenters. The van der Waals surface area contributed by atoms with Gasteiger partial charge in [-0.3, -0.25) is 4.90 Å². The first-order valence-electron chi connectivity index (χ1n) is 9.45. The van der Waals surface area contributed by atoms with Crippen LogP contribution in [0.3, 0.4) is 0 Å². The minimum atomic E-state index is -4.46. The van der Waals surface area contributed by atoms with Gasteiger partial charge in [-0.25, -0.2) is 9.97 Å². The van der Waals surface area contributed by atoms with E-state index in [2.05, 4.69) is 20.9 Å². The van der Waals surface area contributed by atoms with E-state index < -0.39 is 11.9 Å². The molecule has 0 amide bonds. The van der Waals surface area contributed by atoms with Crippen LogP contribution in [0.15, 0.2) is 36.7 Å². The molecular weight excluding hydrogens is 369 g/mol. The first kappa shape index (κ1) is 19.0. The quantitative estimate of drug-likeness (QED) is 0.795. The highest BCUT2D eigenvalue weighted by atomic mass is 19.4.